The van der Waals surface area contributed by atoms with E-state index in [9.17, 15) is 0 Å². The van der Waals surface area contributed by atoms with Crippen LogP contribution < -0.4 is 28.3 Å². The largest absolute Gasteiger partial charge is 0.576 e. The van der Waals surface area contributed by atoms with E-state index < -0.39 is 0 Å². The van der Waals surface area contributed by atoms with Crippen molar-refractivity contribution < 1.29 is 37.7 Å². The molecular formula is C26H37BN2O8. The average molecular weight is 516 g/mol. The molecule has 0 N–H and O–H groups in total. The van der Waals surface area contributed by atoms with E-state index in [0.717, 1.165) is 65.7 Å². The van der Waals surface area contributed by atoms with Crippen molar-refractivity contribution in [3.63, 3.8) is 0 Å². The Bertz CT molecular complexity index is 879. The normalized spacial score (nSPS) is 16.6. The Morgan fingerprint density at radius 1 is 0.649 bits per heavy atom. The third-order valence-corrected chi connectivity index (χ3v) is 6.26. The summed E-state index contributed by atoms with van der Waals surface area (Å²) in [5.41, 5.74) is 0. The van der Waals surface area contributed by atoms with Crippen molar-refractivity contribution in [1.29, 1.82) is 0 Å². The number of rotatable bonds is 14. The second-order valence-corrected chi connectivity index (χ2v) is 8.64. The van der Waals surface area contributed by atoms with Crippen LogP contribution in [0.4, 0.5) is 0 Å². The smallest absolute Gasteiger partial charge is 0.528 e. The summed E-state index contributed by atoms with van der Waals surface area (Å²) >= 11 is 0. The first-order valence-electron chi connectivity index (χ1n) is 12.7. The summed E-state index contributed by atoms with van der Waals surface area (Å²) < 4.78 is 45.2. The minimum Gasteiger partial charge on any atom is -0.528 e. The van der Waals surface area contributed by atoms with Crippen molar-refractivity contribution in [2.24, 2.45) is 0 Å². The first-order valence-corrected chi connectivity index (χ1v) is 12.7. The van der Waals surface area contributed by atoms with Crippen molar-refractivity contribution >= 4 is 7.69 Å². The maximum atomic E-state index is 5.93. The van der Waals surface area contributed by atoms with Crippen molar-refractivity contribution in [2.75, 3.05) is 93.1 Å². The number of methoxy groups -OCH3 is 2. The van der Waals surface area contributed by atoms with Crippen LogP contribution in [0.3, 0.4) is 0 Å². The summed E-state index contributed by atoms with van der Waals surface area (Å²) in [5, 5.41) is 0. The van der Waals surface area contributed by atoms with Crippen molar-refractivity contribution in [3.8, 4) is 34.5 Å². The van der Waals surface area contributed by atoms with Crippen molar-refractivity contribution in [2.45, 2.75) is 0 Å². The Balaban J connectivity index is 1.21. The highest BCUT2D eigenvalue weighted by atomic mass is 16.6. The number of benzene rings is 2. The Labute approximate surface area is 219 Å². The topological polar surface area (TPSA) is 80.3 Å². The van der Waals surface area contributed by atoms with Gasteiger partial charge in [-0.15, -0.1) is 0 Å². The molecule has 2 aliphatic heterocycles. The Morgan fingerprint density at radius 2 is 1.08 bits per heavy atom. The van der Waals surface area contributed by atoms with Crippen molar-refractivity contribution in [3.05, 3.63) is 36.4 Å². The molecule has 4 rings (SSSR count). The predicted molar refractivity (Wildman–Crippen MR) is 140 cm³/mol. The van der Waals surface area contributed by atoms with Gasteiger partial charge in [-0.3, -0.25) is 9.80 Å². The molecule has 0 radical (unpaired) electrons. The van der Waals surface area contributed by atoms with Crippen LogP contribution in [0, 0.1) is 0 Å². The highest BCUT2D eigenvalue weighted by Gasteiger charge is 2.14. The maximum Gasteiger partial charge on any atom is 0.576 e. The fourth-order valence-electron chi connectivity index (χ4n) is 4.10. The molecule has 11 heteroatoms. The predicted octanol–water partition coefficient (Wildman–Crippen LogP) is 1.85. The molecule has 202 valence electrons. The zero-order chi connectivity index (χ0) is 25.7. The van der Waals surface area contributed by atoms with Crippen LogP contribution in [0.25, 0.3) is 0 Å². The molecule has 2 saturated heterocycles. The molecule has 0 spiro atoms. The van der Waals surface area contributed by atoms with E-state index in [1.165, 1.54) is 0 Å². The third-order valence-electron chi connectivity index (χ3n) is 6.26. The van der Waals surface area contributed by atoms with Crippen LogP contribution in [0.15, 0.2) is 36.4 Å². The summed E-state index contributed by atoms with van der Waals surface area (Å²) in [6, 6.07) is 10.9. The van der Waals surface area contributed by atoms with Crippen LogP contribution in [0.1, 0.15) is 0 Å². The number of hydrogen-bond acceptors (Lipinski definition) is 10. The Morgan fingerprint density at radius 3 is 1.49 bits per heavy atom. The minimum atomic E-state index is 0.0285. The van der Waals surface area contributed by atoms with Crippen LogP contribution in [0.2, 0.25) is 0 Å². The summed E-state index contributed by atoms with van der Waals surface area (Å²) in [6.07, 6.45) is 0. The lowest BCUT2D eigenvalue weighted by atomic mass is 10.2. The zero-order valence-electron chi connectivity index (χ0n) is 21.8. The summed E-state index contributed by atoms with van der Waals surface area (Å²) in [6.45, 7) is 9.69. The monoisotopic (exact) mass is 516 g/mol. The molecule has 10 nitrogen and oxygen atoms in total. The summed E-state index contributed by atoms with van der Waals surface area (Å²) in [4.78, 5) is 4.65. The van der Waals surface area contributed by atoms with E-state index in [1.54, 1.807) is 26.4 Å². The second kappa shape index (κ2) is 14.8. The van der Waals surface area contributed by atoms with E-state index in [-0.39, 0.29) is 7.69 Å². The van der Waals surface area contributed by atoms with Gasteiger partial charge in [0.15, 0.2) is 23.0 Å². The molecule has 37 heavy (non-hydrogen) atoms. The highest BCUT2D eigenvalue weighted by Crippen LogP contribution is 2.33. The van der Waals surface area contributed by atoms with Gasteiger partial charge in [-0.1, -0.05) is 0 Å². The van der Waals surface area contributed by atoms with Gasteiger partial charge in [0.05, 0.1) is 40.6 Å². The lowest BCUT2D eigenvalue weighted by molar-refractivity contribution is 0.0320. The van der Waals surface area contributed by atoms with Gasteiger partial charge in [-0.2, -0.15) is 0 Å². The molecule has 2 aromatic rings. The number of morpholine rings is 2. The Kier molecular flexibility index (Phi) is 10.9. The Hall–Kier alpha value is -2.86. The maximum absolute atomic E-state index is 5.93. The fourth-order valence-corrected chi connectivity index (χ4v) is 4.10. The molecule has 0 saturated carbocycles. The lowest BCUT2D eigenvalue weighted by Crippen LogP contribution is -2.38. The van der Waals surface area contributed by atoms with Gasteiger partial charge >= 0.3 is 7.69 Å². The second-order valence-electron chi connectivity index (χ2n) is 8.64. The lowest BCUT2D eigenvalue weighted by Gasteiger charge is -2.26. The molecular weight excluding hydrogens is 479 g/mol. The molecule has 0 amide bonds. The first kappa shape index (κ1) is 27.2. The van der Waals surface area contributed by atoms with Gasteiger partial charge in [-0.25, -0.2) is 0 Å². The molecule has 0 aromatic heterocycles. The zero-order valence-corrected chi connectivity index (χ0v) is 21.8. The van der Waals surface area contributed by atoms with Gasteiger partial charge in [-0.05, 0) is 24.3 Å². The standard InChI is InChI=1S/C26H37BN2O8/c1-30-25-19-21(3-5-23(25)34-17-11-28-7-13-32-14-8-28)36-27-37-22-4-6-24(26(20-22)31-2)35-18-12-29-9-15-33-16-10-29/h3-6,19-20,27H,7-18H2,1-2H3. The SMILES string of the molecule is COc1cc(OBOc2ccc(OCCN3CCOCC3)c(OC)c2)ccc1OCCN1CCOCC1. The molecule has 2 aromatic carbocycles. The van der Waals surface area contributed by atoms with Gasteiger partial charge in [0.1, 0.15) is 24.7 Å². The summed E-state index contributed by atoms with van der Waals surface area (Å²) in [7, 11) is 3.25. The van der Waals surface area contributed by atoms with Gasteiger partial charge in [0, 0.05) is 51.4 Å². The van der Waals surface area contributed by atoms with E-state index in [4.69, 9.17) is 37.7 Å². The molecule has 2 aliphatic rings. The molecule has 2 fully saturated rings. The van der Waals surface area contributed by atoms with E-state index in [1.807, 2.05) is 24.3 Å². The first-order chi connectivity index (χ1) is 18.2. The third kappa shape index (κ3) is 8.60. The molecule has 0 unspecified atom stereocenters. The van der Waals surface area contributed by atoms with Crippen LogP contribution in [-0.4, -0.2) is 111 Å². The molecule has 0 aliphatic carbocycles. The van der Waals surface area contributed by atoms with E-state index in [0.29, 0.717) is 47.7 Å². The quantitative estimate of drug-likeness (QED) is 0.347. The van der Waals surface area contributed by atoms with E-state index >= 15 is 0 Å². The van der Waals surface area contributed by atoms with Crippen LogP contribution >= 0.6 is 0 Å². The number of ether oxygens (including phenoxy) is 6. The summed E-state index contributed by atoms with van der Waals surface area (Å²) in [5.74, 6) is 3.82. The number of nitrogens with zero attached hydrogens (tertiary/aromatic N) is 2. The molecule has 0 bridgehead atoms. The average Bonchev–Trinajstić information content (AvgIpc) is 2.95. The van der Waals surface area contributed by atoms with Crippen molar-refractivity contribution in [1.82, 2.24) is 9.80 Å². The van der Waals surface area contributed by atoms with Gasteiger partial charge in [0.25, 0.3) is 0 Å². The van der Waals surface area contributed by atoms with Gasteiger partial charge in [0.2, 0.25) is 0 Å². The highest BCUT2D eigenvalue weighted by molar-refractivity contribution is 6.20. The number of hydrogen-bond donors (Lipinski definition) is 0. The van der Waals surface area contributed by atoms with Crippen LogP contribution in [-0.2, 0) is 9.47 Å². The van der Waals surface area contributed by atoms with Gasteiger partial charge < -0.3 is 37.7 Å². The molecule has 0 atom stereocenters. The van der Waals surface area contributed by atoms with Crippen LogP contribution in [0.5, 0.6) is 34.5 Å². The van der Waals surface area contributed by atoms with E-state index in [2.05, 4.69) is 9.80 Å². The fraction of sp³-hybridized carbons (Fsp3) is 0.538. The molecule has 2 heterocycles. The minimum absolute atomic E-state index is 0.0285.